The third kappa shape index (κ3) is 2.21. The van der Waals surface area contributed by atoms with Crippen molar-refractivity contribution in [2.75, 3.05) is 0 Å². The fraction of sp³-hybridized carbons (Fsp3) is 0.133. The minimum absolute atomic E-state index is 0.00588. The van der Waals surface area contributed by atoms with Crippen LogP contribution in [-0.2, 0) is 0 Å². The van der Waals surface area contributed by atoms with Gasteiger partial charge >= 0.3 is 0 Å². The molecule has 3 heterocycles. The first-order chi connectivity index (χ1) is 10.3. The van der Waals surface area contributed by atoms with E-state index in [9.17, 15) is 0 Å². The van der Waals surface area contributed by atoms with Crippen LogP contribution in [0.15, 0.2) is 62.9 Å². The zero-order valence-electron chi connectivity index (χ0n) is 11.0. The molecule has 0 aliphatic carbocycles. The van der Waals surface area contributed by atoms with Gasteiger partial charge in [0.05, 0.1) is 12.0 Å². The van der Waals surface area contributed by atoms with Crippen molar-refractivity contribution < 1.29 is 4.42 Å². The van der Waals surface area contributed by atoms with E-state index in [4.69, 9.17) is 4.42 Å². The van der Waals surface area contributed by atoms with E-state index in [-0.39, 0.29) is 6.04 Å². The first kappa shape index (κ1) is 12.5. The van der Waals surface area contributed by atoms with E-state index in [1.165, 1.54) is 6.33 Å². The summed E-state index contributed by atoms with van der Waals surface area (Å²) in [4.78, 5) is 8.84. The lowest BCUT2D eigenvalue weighted by atomic mass is 10.00. The maximum atomic E-state index is 5.55. The molecule has 0 radical (unpaired) electrons. The molecule has 1 unspecified atom stereocenters. The van der Waals surface area contributed by atoms with Gasteiger partial charge in [-0.25, -0.2) is 9.67 Å². The summed E-state index contributed by atoms with van der Waals surface area (Å²) in [6, 6.07) is 12.0. The molecule has 0 saturated carbocycles. The summed E-state index contributed by atoms with van der Waals surface area (Å²) in [5.41, 5.74) is 2.08. The molecule has 21 heavy (non-hydrogen) atoms. The Hall–Kier alpha value is -2.21. The van der Waals surface area contributed by atoms with Crippen molar-refractivity contribution in [2.45, 2.75) is 12.5 Å². The van der Waals surface area contributed by atoms with Crippen LogP contribution in [-0.4, -0.2) is 20.5 Å². The van der Waals surface area contributed by atoms with Crippen LogP contribution >= 0.6 is 15.9 Å². The second kappa shape index (κ2) is 4.96. The van der Waals surface area contributed by atoms with Crippen LogP contribution in [0.2, 0.25) is 0 Å². The van der Waals surface area contributed by atoms with Gasteiger partial charge in [0.25, 0.3) is 0 Å². The minimum atomic E-state index is -0.00588. The predicted molar refractivity (Wildman–Crippen MR) is 81.8 cm³/mol. The lowest BCUT2D eigenvalue weighted by Crippen LogP contribution is -2.20. The maximum Gasteiger partial charge on any atom is 0.248 e. The summed E-state index contributed by atoms with van der Waals surface area (Å²) < 4.78 is 8.41. The van der Waals surface area contributed by atoms with Gasteiger partial charge in [-0.3, -0.25) is 0 Å². The van der Waals surface area contributed by atoms with Crippen LogP contribution in [0.1, 0.15) is 23.8 Å². The van der Waals surface area contributed by atoms with Crippen molar-refractivity contribution in [3.05, 3.63) is 64.8 Å². The third-order valence-electron chi connectivity index (χ3n) is 3.52. The number of benzene rings is 1. The number of furan rings is 1. The molecule has 3 aromatic rings. The maximum absolute atomic E-state index is 5.55. The Balaban J connectivity index is 1.79. The number of rotatable bonds is 2. The lowest BCUT2D eigenvalue weighted by Gasteiger charge is -2.21. The smallest absolute Gasteiger partial charge is 0.248 e. The standard InChI is InChI=1S/C15H11BrN4O/c16-11-5-3-10(4-6-11)12-8-13(14-2-1-7-21-14)20-15(19-12)17-9-18-20/h1-7,9,13H,8H2. The summed E-state index contributed by atoms with van der Waals surface area (Å²) in [7, 11) is 0. The number of aliphatic imine (C=N–C) groups is 1. The van der Waals surface area contributed by atoms with Crippen molar-refractivity contribution in [3.63, 3.8) is 0 Å². The molecule has 1 atom stereocenters. The normalized spacial score (nSPS) is 17.4. The van der Waals surface area contributed by atoms with Crippen LogP contribution in [0.5, 0.6) is 0 Å². The Bertz CT molecular complexity index is 789. The zero-order valence-corrected chi connectivity index (χ0v) is 12.6. The SMILES string of the molecule is Brc1ccc(C2=Nc3ncnn3C(c3ccco3)C2)cc1. The molecule has 0 fully saturated rings. The Morgan fingerprint density at radius 1 is 1.19 bits per heavy atom. The van der Waals surface area contributed by atoms with Crippen LogP contribution in [0.3, 0.4) is 0 Å². The fourth-order valence-electron chi connectivity index (χ4n) is 2.51. The first-order valence-electron chi connectivity index (χ1n) is 6.58. The number of aromatic nitrogens is 3. The Morgan fingerprint density at radius 2 is 2.05 bits per heavy atom. The van der Waals surface area contributed by atoms with E-state index >= 15 is 0 Å². The van der Waals surface area contributed by atoms with Crippen LogP contribution in [0, 0.1) is 0 Å². The number of hydrogen-bond acceptors (Lipinski definition) is 4. The molecule has 0 amide bonds. The van der Waals surface area contributed by atoms with Gasteiger partial charge in [-0.2, -0.15) is 10.1 Å². The Morgan fingerprint density at radius 3 is 2.81 bits per heavy atom. The van der Waals surface area contributed by atoms with Gasteiger partial charge in [0.2, 0.25) is 5.95 Å². The van der Waals surface area contributed by atoms with Crippen molar-refractivity contribution in [1.82, 2.24) is 14.8 Å². The highest BCUT2D eigenvalue weighted by atomic mass is 79.9. The number of fused-ring (bicyclic) bond motifs is 1. The van der Waals surface area contributed by atoms with Gasteiger partial charge in [-0.15, -0.1) is 0 Å². The Labute approximate surface area is 129 Å². The summed E-state index contributed by atoms with van der Waals surface area (Å²) in [6.45, 7) is 0. The second-order valence-corrected chi connectivity index (χ2v) is 5.72. The minimum Gasteiger partial charge on any atom is -0.467 e. The van der Waals surface area contributed by atoms with Gasteiger partial charge in [0.1, 0.15) is 18.1 Å². The summed E-state index contributed by atoms with van der Waals surface area (Å²) in [6.07, 6.45) is 3.93. The molecule has 0 saturated heterocycles. The van der Waals surface area contributed by atoms with Crippen LogP contribution in [0.4, 0.5) is 5.95 Å². The monoisotopic (exact) mass is 342 g/mol. The van der Waals surface area contributed by atoms with Crippen LogP contribution < -0.4 is 0 Å². The molecule has 4 rings (SSSR count). The molecule has 2 aromatic heterocycles. The largest absolute Gasteiger partial charge is 0.467 e. The topological polar surface area (TPSA) is 56.2 Å². The summed E-state index contributed by atoms with van der Waals surface area (Å²) in [5, 5.41) is 4.27. The van der Waals surface area contributed by atoms with Gasteiger partial charge in [-0.1, -0.05) is 28.1 Å². The predicted octanol–water partition coefficient (Wildman–Crippen LogP) is 3.75. The number of halogens is 1. The molecule has 0 bridgehead atoms. The first-order valence-corrected chi connectivity index (χ1v) is 7.37. The number of hydrogen-bond donors (Lipinski definition) is 0. The lowest BCUT2D eigenvalue weighted by molar-refractivity contribution is 0.409. The highest BCUT2D eigenvalue weighted by Crippen LogP contribution is 2.32. The molecular weight excluding hydrogens is 332 g/mol. The molecule has 104 valence electrons. The summed E-state index contributed by atoms with van der Waals surface area (Å²) in [5.74, 6) is 1.48. The summed E-state index contributed by atoms with van der Waals surface area (Å²) >= 11 is 3.45. The second-order valence-electron chi connectivity index (χ2n) is 4.81. The van der Waals surface area contributed by atoms with Crippen molar-refractivity contribution >= 4 is 27.6 Å². The van der Waals surface area contributed by atoms with E-state index in [1.807, 2.05) is 36.4 Å². The average molecular weight is 343 g/mol. The quantitative estimate of drug-likeness (QED) is 0.712. The number of nitrogens with zero attached hydrogens (tertiary/aromatic N) is 4. The Kier molecular flexibility index (Phi) is 2.96. The van der Waals surface area contributed by atoms with Gasteiger partial charge < -0.3 is 4.42 Å². The fourth-order valence-corrected chi connectivity index (χ4v) is 2.77. The molecular formula is C15H11BrN4O. The van der Waals surface area contributed by atoms with Crippen molar-refractivity contribution in [3.8, 4) is 0 Å². The molecule has 1 aliphatic rings. The molecule has 0 spiro atoms. The zero-order chi connectivity index (χ0) is 14.2. The van der Waals surface area contributed by atoms with E-state index in [2.05, 4.69) is 31.0 Å². The third-order valence-corrected chi connectivity index (χ3v) is 4.05. The van der Waals surface area contributed by atoms with E-state index < -0.39 is 0 Å². The van der Waals surface area contributed by atoms with E-state index in [0.717, 1.165) is 27.9 Å². The highest BCUT2D eigenvalue weighted by molar-refractivity contribution is 9.10. The molecule has 6 heteroatoms. The van der Waals surface area contributed by atoms with Crippen molar-refractivity contribution in [2.24, 2.45) is 4.99 Å². The van der Waals surface area contributed by atoms with Crippen LogP contribution in [0.25, 0.3) is 0 Å². The highest BCUT2D eigenvalue weighted by Gasteiger charge is 2.27. The average Bonchev–Trinajstić information content (AvgIpc) is 3.18. The van der Waals surface area contributed by atoms with Gasteiger partial charge in [-0.05, 0) is 29.8 Å². The molecule has 1 aliphatic heterocycles. The van der Waals surface area contributed by atoms with Gasteiger partial charge in [0.15, 0.2) is 0 Å². The van der Waals surface area contributed by atoms with Crippen molar-refractivity contribution in [1.29, 1.82) is 0 Å². The van der Waals surface area contributed by atoms with E-state index in [1.54, 1.807) is 10.9 Å². The van der Waals surface area contributed by atoms with E-state index in [0.29, 0.717) is 5.95 Å². The van der Waals surface area contributed by atoms with Gasteiger partial charge in [0, 0.05) is 10.9 Å². The molecule has 1 aromatic carbocycles. The molecule has 0 N–H and O–H groups in total. The molecule has 5 nitrogen and oxygen atoms in total.